The van der Waals surface area contributed by atoms with E-state index < -0.39 is 0 Å². The Labute approximate surface area is 118 Å². The molecule has 1 aromatic carbocycles. The molecule has 2 aromatic rings. The number of hydrogen-bond acceptors (Lipinski definition) is 5. The lowest BCUT2D eigenvalue weighted by molar-refractivity contribution is 0.778. The van der Waals surface area contributed by atoms with Crippen LogP contribution < -0.4 is 10.6 Å². The number of hydrogen-bond donors (Lipinski definition) is 2. The fraction of sp³-hybridized carbons (Fsp3) is 0.267. The number of aromatic nitrogens is 2. The Morgan fingerprint density at radius 3 is 2.50 bits per heavy atom. The quantitative estimate of drug-likeness (QED) is 0.889. The first-order chi connectivity index (χ1) is 9.63. The molecule has 0 radical (unpaired) electrons. The van der Waals surface area contributed by atoms with E-state index in [1.54, 1.807) is 6.07 Å². The highest BCUT2D eigenvalue weighted by molar-refractivity contribution is 5.65. The first-order valence-electron chi connectivity index (χ1n) is 6.47. The zero-order valence-electron chi connectivity index (χ0n) is 11.8. The molecule has 1 heterocycles. The minimum absolute atomic E-state index is 0.232. The van der Waals surface area contributed by atoms with Crippen LogP contribution in [0.15, 0.2) is 30.3 Å². The number of anilines is 3. The van der Waals surface area contributed by atoms with Crippen LogP contribution in [0.3, 0.4) is 0 Å². The van der Waals surface area contributed by atoms with E-state index in [0.29, 0.717) is 11.4 Å². The van der Waals surface area contributed by atoms with Gasteiger partial charge in [-0.3, -0.25) is 0 Å². The number of para-hydroxylation sites is 1. The lowest BCUT2D eigenvalue weighted by Crippen LogP contribution is -2.05. The van der Waals surface area contributed by atoms with Gasteiger partial charge in [0.2, 0.25) is 0 Å². The molecule has 0 bridgehead atoms. The second kappa shape index (κ2) is 6.02. The Kier molecular flexibility index (Phi) is 4.16. The largest absolute Gasteiger partial charge is 0.373 e. The van der Waals surface area contributed by atoms with Gasteiger partial charge < -0.3 is 10.6 Å². The summed E-state index contributed by atoms with van der Waals surface area (Å²) in [6.45, 7) is 4.09. The highest BCUT2D eigenvalue weighted by Crippen LogP contribution is 2.22. The molecule has 0 saturated heterocycles. The number of nitrogens with one attached hydrogen (secondary N) is 2. The number of rotatable bonds is 4. The Morgan fingerprint density at radius 1 is 1.15 bits per heavy atom. The molecule has 0 spiro atoms. The van der Waals surface area contributed by atoms with Crippen molar-refractivity contribution < 1.29 is 0 Å². The van der Waals surface area contributed by atoms with E-state index in [4.69, 9.17) is 5.26 Å². The molecule has 2 rings (SSSR count). The molecule has 102 valence electrons. The van der Waals surface area contributed by atoms with Gasteiger partial charge >= 0.3 is 0 Å². The molecule has 5 heteroatoms. The molecule has 20 heavy (non-hydrogen) atoms. The zero-order valence-corrected chi connectivity index (χ0v) is 11.8. The molecule has 0 aliphatic rings. The van der Waals surface area contributed by atoms with E-state index in [0.717, 1.165) is 17.3 Å². The van der Waals surface area contributed by atoms with Gasteiger partial charge in [-0.05, 0) is 12.1 Å². The molecule has 0 amide bonds. The van der Waals surface area contributed by atoms with Gasteiger partial charge in [-0.15, -0.1) is 0 Å². The molecule has 0 saturated carbocycles. The summed E-state index contributed by atoms with van der Waals surface area (Å²) in [5, 5.41) is 15.3. The minimum Gasteiger partial charge on any atom is -0.373 e. The Balaban J connectivity index is 2.38. The first-order valence-corrected chi connectivity index (χ1v) is 6.47. The SMILES string of the molecule is CNc1cc(Nc2ccccc2C#N)nc(C(C)C)n1. The lowest BCUT2D eigenvalue weighted by Gasteiger charge is -2.12. The molecule has 0 aliphatic carbocycles. The third kappa shape index (κ3) is 3.04. The van der Waals surface area contributed by atoms with Gasteiger partial charge in [-0.2, -0.15) is 5.26 Å². The third-order valence-corrected chi connectivity index (χ3v) is 2.83. The van der Waals surface area contributed by atoms with Crippen molar-refractivity contribution >= 4 is 17.3 Å². The van der Waals surface area contributed by atoms with Crippen LogP contribution in [0.5, 0.6) is 0 Å². The van der Waals surface area contributed by atoms with E-state index >= 15 is 0 Å². The Bertz CT molecular complexity index is 643. The fourth-order valence-electron chi connectivity index (χ4n) is 1.74. The van der Waals surface area contributed by atoms with Crippen LogP contribution in [0.1, 0.15) is 31.2 Å². The summed E-state index contributed by atoms with van der Waals surface area (Å²) in [4.78, 5) is 8.89. The molecular weight excluding hydrogens is 250 g/mol. The average molecular weight is 267 g/mol. The molecule has 1 aromatic heterocycles. The third-order valence-electron chi connectivity index (χ3n) is 2.83. The summed E-state index contributed by atoms with van der Waals surface area (Å²) in [5.74, 6) is 2.42. The fourth-order valence-corrected chi connectivity index (χ4v) is 1.74. The van der Waals surface area contributed by atoms with E-state index in [9.17, 15) is 0 Å². The average Bonchev–Trinajstić information content (AvgIpc) is 2.47. The predicted octanol–water partition coefficient (Wildman–Crippen LogP) is 3.26. The smallest absolute Gasteiger partial charge is 0.136 e. The first kappa shape index (κ1) is 13.8. The molecule has 0 unspecified atom stereocenters. The maximum absolute atomic E-state index is 9.10. The summed E-state index contributed by atoms with van der Waals surface area (Å²) in [5.41, 5.74) is 1.33. The summed E-state index contributed by atoms with van der Waals surface area (Å²) in [6.07, 6.45) is 0. The number of nitrogens with zero attached hydrogens (tertiary/aromatic N) is 3. The van der Waals surface area contributed by atoms with Crippen molar-refractivity contribution in [2.24, 2.45) is 0 Å². The zero-order chi connectivity index (χ0) is 14.5. The monoisotopic (exact) mass is 267 g/mol. The molecule has 0 aliphatic heterocycles. The van der Waals surface area contributed by atoms with Crippen molar-refractivity contribution in [3.8, 4) is 6.07 Å². The van der Waals surface area contributed by atoms with Crippen molar-refractivity contribution in [1.29, 1.82) is 5.26 Å². The minimum atomic E-state index is 0.232. The number of nitriles is 1. The van der Waals surface area contributed by atoms with Crippen molar-refractivity contribution in [3.63, 3.8) is 0 Å². The summed E-state index contributed by atoms with van der Waals surface area (Å²) >= 11 is 0. The Morgan fingerprint density at radius 2 is 1.85 bits per heavy atom. The predicted molar refractivity (Wildman–Crippen MR) is 80.1 cm³/mol. The van der Waals surface area contributed by atoms with E-state index in [1.165, 1.54) is 0 Å². The standard InChI is InChI=1S/C15H17N5/c1-10(2)15-19-13(17-3)8-14(20-15)18-12-7-5-4-6-11(12)9-16/h4-8,10H,1-3H3,(H2,17,18,19,20). The second-order valence-electron chi connectivity index (χ2n) is 4.68. The van der Waals surface area contributed by atoms with Gasteiger partial charge in [0.05, 0.1) is 11.3 Å². The maximum atomic E-state index is 9.10. The molecule has 0 fully saturated rings. The van der Waals surface area contributed by atoms with Crippen molar-refractivity contribution in [3.05, 3.63) is 41.7 Å². The van der Waals surface area contributed by atoms with E-state index in [2.05, 4.69) is 26.7 Å². The molecule has 0 atom stereocenters. The second-order valence-corrected chi connectivity index (χ2v) is 4.68. The normalized spacial score (nSPS) is 10.2. The van der Waals surface area contributed by atoms with E-state index in [1.807, 2.05) is 45.2 Å². The highest BCUT2D eigenvalue weighted by Gasteiger charge is 2.09. The van der Waals surface area contributed by atoms with Gasteiger partial charge in [0.25, 0.3) is 0 Å². The van der Waals surface area contributed by atoms with Gasteiger partial charge in [-0.1, -0.05) is 26.0 Å². The van der Waals surface area contributed by atoms with Gasteiger partial charge in [0.1, 0.15) is 23.5 Å². The van der Waals surface area contributed by atoms with Crippen LogP contribution >= 0.6 is 0 Å². The maximum Gasteiger partial charge on any atom is 0.136 e. The van der Waals surface area contributed by atoms with Crippen LogP contribution in [0.25, 0.3) is 0 Å². The van der Waals surface area contributed by atoms with Crippen LogP contribution in [0.4, 0.5) is 17.3 Å². The topological polar surface area (TPSA) is 73.6 Å². The summed E-state index contributed by atoms with van der Waals surface area (Å²) in [6, 6.07) is 11.3. The van der Waals surface area contributed by atoms with Crippen LogP contribution in [-0.4, -0.2) is 17.0 Å². The Hall–Kier alpha value is -2.61. The molecule has 5 nitrogen and oxygen atoms in total. The number of benzene rings is 1. The lowest BCUT2D eigenvalue weighted by atomic mass is 10.2. The molecule has 2 N–H and O–H groups in total. The van der Waals surface area contributed by atoms with Crippen LogP contribution in [0, 0.1) is 11.3 Å². The molecular formula is C15H17N5. The van der Waals surface area contributed by atoms with Crippen LogP contribution in [0.2, 0.25) is 0 Å². The van der Waals surface area contributed by atoms with Crippen molar-refractivity contribution in [2.75, 3.05) is 17.7 Å². The summed E-state index contributed by atoms with van der Waals surface area (Å²) in [7, 11) is 1.82. The van der Waals surface area contributed by atoms with E-state index in [-0.39, 0.29) is 5.92 Å². The van der Waals surface area contributed by atoms with Gasteiger partial charge in [-0.25, -0.2) is 9.97 Å². The van der Waals surface area contributed by atoms with Gasteiger partial charge in [0, 0.05) is 19.0 Å². The van der Waals surface area contributed by atoms with Gasteiger partial charge in [0.15, 0.2) is 0 Å². The van der Waals surface area contributed by atoms with Crippen LogP contribution in [-0.2, 0) is 0 Å². The van der Waals surface area contributed by atoms with Crippen molar-refractivity contribution in [1.82, 2.24) is 9.97 Å². The summed E-state index contributed by atoms with van der Waals surface area (Å²) < 4.78 is 0. The van der Waals surface area contributed by atoms with Crippen molar-refractivity contribution in [2.45, 2.75) is 19.8 Å². The highest BCUT2D eigenvalue weighted by atomic mass is 15.1.